The third-order valence-corrected chi connectivity index (χ3v) is 4.43. The zero-order valence-corrected chi connectivity index (χ0v) is 12.7. The maximum atomic E-state index is 12.2. The minimum absolute atomic E-state index is 0.0937. The smallest absolute Gasteiger partial charge is 0.237 e. The lowest BCUT2D eigenvalue weighted by molar-refractivity contribution is -0.127. The summed E-state index contributed by atoms with van der Waals surface area (Å²) in [5.41, 5.74) is -0.206. The Hall–Kier alpha value is -1.08. The molecule has 108 valence electrons. The first kappa shape index (κ1) is 16.0. The first-order valence-corrected chi connectivity index (χ1v) is 7.41. The van der Waals surface area contributed by atoms with Gasteiger partial charge in [0, 0.05) is 19.1 Å². The molecule has 0 aromatic carbocycles. The molecule has 0 radical (unpaired) electrons. The summed E-state index contributed by atoms with van der Waals surface area (Å²) in [7, 11) is 0. The van der Waals surface area contributed by atoms with Crippen molar-refractivity contribution < 1.29 is 4.79 Å². The van der Waals surface area contributed by atoms with Crippen LogP contribution in [-0.4, -0.2) is 36.0 Å². The monoisotopic (exact) mass is 265 g/mol. The van der Waals surface area contributed by atoms with Gasteiger partial charge in [0.25, 0.3) is 0 Å². The van der Waals surface area contributed by atoms with Gasteiger partial charge in [0.1, 0.15) is 0 Å². The van der Waals surface area contributed by atoms with Crippen LogP contribution < -0.4 is 5.32 Å². The van der Waals surface area contributed by atoms with Crippen LogP contribution in [0.3, 0.4) is 0 Å². The second-order valence-electron chi connectivity index (χ2n) is 5.91. The zero-order valence-electron chi connectivity index (χ0n) is 12.7. The van der Waals surface area contributed by atoms with Crippen molar-refractivity contribution in [1.29, 1.82) is 5.26 Å². The third kappa shape index (κ3) is 4.21. The number of hydrogen-bond acceptors (Lipinski definition) is 3. The first-order chi connectivity index (χ1) is 8.95. The summed E-state index contributed by atoms with van der Waals surface area (Å²) in [5.74, 6) is 0.120. The molecule has 1 unspecified atom stereocenters. The Morgan fingerprint density at radius 1 is 1.37 bits per heavy atom. The molecule has 4 nitrogen and oxygen atoms in total. The van der Waals surface area contributed by atoms with Crippen LogP contribution in [0, 0.1) is 16.7 Å². The number of piperidine rings is 1. The highest BCUT2D eigenvalue weighted by atomic mass is 16.2. The lowest BCUT2D eigenvalue weighted by Gasteiger charge is -2.38. The van der Waals surface area contributed by atoms with Gasteiger partial charge in [0.05, 0.1) is 17.5 Å². The summed E-state index contributed by atoms with van der Waals surface area (Å²) in [6.45, 7) is 9.84. The number of carbonyl (C=O) groups is 1. The van der Waals surface area contributed by atoms with Gasteiger partial charge in [0.15, 0.2) is 0 Å². The van der Waals surface area contributed by atoms with Crippen LogP contribution in [0.1, 0.15) is 53.4 Å². The Kier molecular flexibility index (Phi) is 5.81. The van der Waals surface area contributed by atoms with Crippen molar-refractivity contribution in [3.63, 3.8) is 0 Å². The lowest BCUT2D eigenvalue weighted by atomic mass is 9.81. The van der Waals surface area contributed by atoms with Crippen molar-refractivity contribution >= 4 is 5.91 Å². The van der Waals surface area contributed by atoms with Crippen molar-refractivity contribution in [2.24, 2.45) is 5.41 Å². The van der Waals surface area contributed by atoms with Crippen molar-refractivity contribution in [1.82, 2.24) is 10.2 Å². The number of carbonyl (C=O) groups excluding carboxylic acids is 1. The van der Waals surface area contributed by atoms with Gasteiger partial charge in [-0.2, -0.15) is 5.26 Å². The number of nitrogens with zero attached hydrogens (tertiary/aromatic N) is 2. The number of likely N-dealkylation sites (tertiary alicyclic amines) is 1. The predicted octanol–water partition coefficient (Wildman–Crippen LogP) is 2.31. The van der Waals surface area contributed by atoms with Gasteiger partial charge in [-0.1, -0.05) is 13.8 Å². The molecule has 0 aromatic heterocycles. The van der Waals surface area contributed by atoms with E-state index < -0.39 is 0 Å². The molecule has 19 heavy (non-hydrogen) atoms. The van der Waals surface area contributed by atoms with Crippen LogP contribution in [0.25, 0.3) is 0 Å². The van der Waals surface area contributed by atoms with E-state index in [2.05, 4.69) is 30.1 Å². The molecule has 0 spiro atoms. The van der Waals surface area contributed by atoms with Gasteiger partial charge in [0.2, 0.25) is 5.91 Å². The number of hydrogen-bond donors (Lipinski definition) is 1. The second kappa shape index (κ2) is 6.91. The summed E-state index contributed by atoms with van der Waals surface area (Å²) >= 11 is 0. The normalized spacial score (nSPS) is 20.8. The SMILES string of the molecule is CCC(CC)NC(=O)C(C)N1CCC(C)(C#N)CC1. The summed E-state index contributed by atoms with van der Waals surface area (Å²) in [6, 6.07) is 2.58. The average Bonchev–Trinajstić information content (AvgIpc) is 2.44. The van der Waals surface area contributed by atoms with Crippen molar-refractivity contribution in [3.05, 3.63) is 0 Å². The van der Waals surface area contributed by atoms with Gasteiger partial charge >= 0.3 is 0 Å². The van der Waals surface area contributed by atoms with E-state index in [4.69, 9.17) is 5.26 Å². The molecule has 0 aromatic rings. The van der Waals surface area contributed by atoms with Gasteiger partial charge in [-0.15, -0.1) is 0 Å². The molecule has 1 heterocycles. The van der Waals surface area contributed by atoms with E-state index in [-0.39, 0.29) is 23.4 Å². The highest BCUT2D eigenvalue weighted by molar-refractivity contribution is 5.81. The van der Waals surface area contributed by atoms with Gasteiger partial charge < -0.3 is 5.32 Å². The zero-order chi connectivity index (χ0) is 14.5. The van der Waals surface area contributed by atoms with E-state index in [1.54, 1.807) is 0 Å². The molecule has 0 bridgehead atoms. The van der Waals surface area contributed by atoms with Crippen LogP contribution in [0.4, 0.5) is 0 Å². The summed E-state index contributed by atoms with van der Waals surface area (Å²) < 4.78 is 0. The molecular weight excluding hydrogens is 238 g/mol. The van der Waals surface area contributed by atoms with Gasteiger partial charge in [-0.25, -0.2) is 0 Å². The summed E-state index contributed by atoms with van der Waals surface area (Å²) in [6.07, 6.45) is 3.65. The van der Waals surface area contributed by atoms with Crippen LogP contribution in [0.5, 0.6) is 0 Å². The number of amides is 1. The fraction of sp³-hybridized carbons (Fsp3) is 0.867. The van der Waals surface area contributed by atoms with E-state index in [0.29, 0.717) is 0 Å². The molecule has 1 saturated heterocycles. The predicted molar refractivity (Wildman–Crippen MR) is 76.5 cm³/mol. The second-order valence-corrected chi connectivity index (χ2v) is 5.91. The lowest BCUT2D eigenvalue weighted by Crippen LogP contribution is -2.51. The van der Waals surface area contributed by atoms with Crippen molar-refractivity contribution in [2.45, 2.75) is 65.5 Å². The maximum Gasteiger partial charge on any atom is 0.237 e. The highest BCUT2D eigenvalue weighted by Crippen LogP contribution is 2.30. The Balaban J connectivity index is 2.49. The molecule has 1 atom stereocenters. The fourth-order valence-corrected chi connectivity index (χ4v) is 2.50. The highest BCUT2D eigenvalue weighted by Gasteiger charge is 2.33. The van der Waals surface area contributed by atoms with Crippen LogP contribution in [-0.2, 0) is 4.79 Å². The minimum atomic E-state index is -0.206. The van der Waals surface area contributed by atoms with Crippen LogP contribution in [0.15, 0.2) is 0 Å². The summed E-state index contributed by atoms with van der Waals surface area (Å²) in [4.78, 5) is 14.4. The largest absolute Gasteiger partial charge is 0.352 e. The van der Waals surface area contributed by atoms with E-state index in [0.717, 1.165) is 38.8 Å². The van der Waals surface area contributed by atoms with E-state index in [1.165, 1.54) is 0 Å². The molecule has 1 amide bonds. The Labute approximate surface area is 117 Å². The topological polar surface area (TPSA) is 56.1 Å². The standard InChI is InChI=1S/C15H27N3O/c1-5-13(6-2)17-14(19)12(3)18-9-7-15(4,11-16)8-10-18/h12-13H,5-10H2,1-4H3,(H,17,19). The fourth-order valence-electron chi connectivity index (χ4n) is 2.50. The molecule has 1 rings (SSSR count). The quantitative estimate of drug-likeness (QED) is 0.830. The summed E-state index contributed by atoms with van der Waals surface area (Å²) in [5, 5.41) is 12.2. The van der Waals surface area contributed by atoms with Gasteiger partial charge in [-0.3, -0.25) is 9.69 Å². The van der Waals surface area contributed by atoms with Crippen LogP contribution in [0.2, 0.25) is 0 Å². The molecule has 1 aliphatic rings. The van der Waals surface area contributed by atoms with E-state index in [9.17, 15) is 4.79 Å². The molecular formula is C15H27N3O. The Bertz CT molecular complexity index is 336. The Morgan fingerprint density at radius 3 is 2.32 bits per heavy atom. The van der Waals surface area contributed by atoms with Crippen LogP contribution >= 0.6 is 0 Å². The molecule has 1 N–H and O–H groups in total. The molecule has 0 aliphatic carbocycles. The number of rotatable bonds is 5. The molecule has 4 heteroatoms. The molecule has 1 aliphatic heterocycles. The minimum Gasteiger partial charge on any atom is -0.352 e. The molecule has 1 fully saturated rings. The third-order valence-electron chi connectivity index (χ3n) is 4.43. The Morgan fingerprint density at radius 2 is 1.89 bits per heavy atom. The van der Waals surface area contributed by atoms with E-state index in [1.807, 2.05) is 13.8 Å². The average molecular weight is 265 g/mol. The molecule has 0 saturated carbocycles. The number of nitrogens with one attached hydrogen (secondary N) is 1. The van der Waals surface area contributed by atoms with E-state index >= 15 is 0 Å². The van der Waals surface area contributed by atoms with Crippen molar-refractivity contribution in [2.75, 3.05) is 13.1 Å². The van der Waals surface area contributed by atoms with Gasteiger partial charge in [-0.05, 0) is 39.5 Å². The van der Waals surface area contributed by atoms with Crippen molar-refractivity contribution in [3.8, 4) is 6.07 Å². The first-order valence-electron chi connectivity index (χ1n) is 7.41. The number of nitriles is 1. The maximum absolute atomic E-state index is 12.2.